The fraction of sp³-hybridized carbons (Fsp3) is 0.846. The van der Waals surface area contributed by atoms with Crippen LogP contribution in [0.25, 0.3) is 0 Å². The molecule has 7 heteroatoms. The number of hydrogen-bond donors (Lipinski definition) is 0. The summed E-state index contributed by atoms with van der Waals surface area (Å²) >= 11 is 0. The molecule has 0 heterocycles. The maximum atomic E-state index is 6.27. The van der Waals surface area contributed by atoms with Crippen molar-refractivity contribution in [1.29, 1.82) is 0 Å². The minimum absolute atomic E-state index is 0.399. The predicted octanol–water partition coefficient (Wildman–Crippen LogP) is 2.97. The molecule has 118 valence electrons. The zero-order chi connectivity index (χ0) is 15.9. The fourth-order valence-corrected chi connectivity index (χ4v) is 12.4. The van der Waals surface area contributed by atoms with Gasteiger partial charge in [0, 0.05) is 7.11 Å². The number of rotatable bonds is 8. The third-order valence-corrected chi connectivity index (χ3v) is 10.6. The second-order valence-electron chi connectivity index (χ2n) is 6.72. The number of methoxy groups -OCH3 is 1. The van der Waals surface area contributed by atoms with Crippen LogP contribution in [0.2, 0.25) is 45.8 Å². The summed E-state index contributed by atoms with van der Waals surface area (Å²) in [7, 11) is -4.14. The highest BCUT2D eigenvalue weighted by atomic mass is 28.5. The van der Waals surface area contributed by atoms with Crippen molar-refractivity contribution in [3.8, 4) is 11.5 Å². The molecule has 0 atom stereocenters. The monoisotopic (exact) mass is 334 g/mol. The molecule has 0 unspecified atom stereocenters. The Bertz CT molecular complexity index is 320. The molecule has 0 amide bonds. The first-order valence-electron chi connectivity index (χ1n) is 6.94. The molecule has 0 aliphatic rings. The first-order chi connectivity index (χ1) is 8.97. The van der Waals surface area contributed by atoms with Crippen LogP contribution in [-0.4, -0.2) is 52.1 Å². The van der Waals surface area contributed by atoms with E-state index in [2.05, 4.69) is 50.7 Å². The molecular weight excluding hydrogens is 304 g/mol. The van der Waals surface area contributed by atoms with Gasteiger partial charge >= 0.3 is 8.56 Å². The van der Waals surface area contributed by atoms with Crippen LogP contribution in [0.4, 0.5) is 0 Å². The highest BCUT2D eigenvalue weighted by Gasteiger charge is 2.39. The van der Waals surface area contributed by atoms with Gasteiger partial charge in [0.05, 0.1) is 13.2 Å². The van der Waals surface area contributed by atoms with E-state index >= 15 is 0 Å². The van der Waals surface area contributed by atoms with E-state index in [0.29, 0.717) is 19.8 Å². The highest BCUT2D eigenvalue weighted by molar-refractivity contribution is 6.91. The summed E-state index contributed by atoms with van der Waals surface area (Å²) in [6.45, 7) is 16.6. The van der Waals surface area contributed by atoms with E-state index < -0.39 is 25.2 Å². The van der Waals surface area contributed by atoms with Gasteiger partial charge < -0.3 is 17.7 Å². The first kappa shape index (κ1) is 20.1. The lowest BCUT2D eigenvalue weighted by molar-refractivity contribution is 0.0877. The lowest BCUT2D eigenvalue weighted by atomic mass is 10.7. The molecule has 0 aromatic rings. The molecule has 0 saturated carbocycles. The summed E-state index contributed by atoms with van der Waals surface area (Å²) in [4.78, 5) is 0. The first-order valence-corrected chi connectivity index (χ1v) is 16.1. The van der Waals surface area contributed by atoms with Crippen molar-refractivity contribution in [2.24, 2.45) is 0 Å². The molecule has 0 aromatic carbocycles. The van der Waals surface area contributed by atoms with Gasteiger partial charge in [0.15, 0.2) is 16.6 Å². The topological polar surface area (TPSA) is 36.9 Å². The van der Waals surface area contributed by atoms with Gasteiger partial charge in [-0.25, -0.2) is 0 Å². The standard InChI is InChI=1S/C13H30O4Si3/c1-14-11-12-15-10-9-13-20(8,16-18(2,3)4)17-19(5,6)7/h10-12H2,1-8H3. The van der Waals surface area contributed by atoms with Crippen molar-refractivity contribution in [3.05, 3.63) is 0 Å². The smallest absolute Gasteiger partial charge is 0.400 e. The lowest BCUT2D eigenvalue weighted by Crippen LogP contribution is -2.52. The predicted molar refractivity (Wildman–Crippen MR) is 91.0 cm³/mol. The SMILES string of the molecule is COCCOCC#C[Si](C)(O[Si](C)(C)C)O[Si](C)(C)C. The lowest BCUT2D eigenvalue weighted by Gasteiger charge is -2.34. The van der Waals surface area contributed by atoms with Crippen LogP contribution in [0.15, 0.2) is 0 Å². The molecule has 0 radical (unpaired) electrons. The van der Waals surface area contributed by atoms with E-state index in [1.165, 1.54) is 0 Å². The Morgan fingerprint density at radius 1 is 0.800 bits per heavy atom. The molecule has 0 aliphatic heterocycles. The third kappa shape index (κ3) is 11.8. The van der Waals surface area contributed by atoms with Gasteiger partial charge in [-0.05, 0) is 45.8 Å². The van der Waals surface area contributed by atoms with E-state index in [9.17, 15) is 0 Å². The Morgan fingerprint density at radius 3 is 1.70 bits per heavy atom. The van der Waals surface area contributed by atoms with E-state index in [0.717, 1.165) is 0 Å². The van der Waals surface area contributed by atoms with Gasteiger partial charge in [-0.15, -0.1) is 0 Å². The average molecular weight is 335 g/mol. The van der Waals surface area contributed by atoms with E-state index in [-0.39, 0.29) is 0 Å². The Kier molecular flexibility index (Phi) is 8.50. The zero-order valence-electron chi connectivity index (χ0n) is 14.3. The number of ether oxygens (including phenoxy) is 2. The average Bonchev–Trinajstić information content (AvgIpc) is 2.17. The minimum Gasteiger partial charge on any atom is -0.428 e. The Balaban J connectivity index is 4.65. The molecule has 0 bridgehead atoms. The van der Waals surface area contributed by atoms with Crippen molar-refractivity contribution in [3.63, 3.8) is 0 Å². The minimum atomic E-state index is -2.44. The van der Waals surface area contributed by atoms with Crippen LogP contribution in [0.1, 0.15) is 0 Å². The molecule has 0 spiro atoms. The highest BCUT2D eigenvalue weighted by Crippen LogP contribution is 2.19. The molecule has 20 heavy (non-hydrogen) atoms. The maximum absolute atomic E-state index is 6.27. The van der Waals surface area contributed by atoms with Gasteiger partial charge in [-0.2, -0.15) is 0 Å². The molecule has 0 N–H and O–H groups in total. The zero-order valence-corrected chi connectivity index (χ0v) is 17.3. The van der Waals surface area contributed by atoms with Gasteiger partial charge in [0.2, 0.25) is 0 Å². The summed E-state index contributed by atoms with van der Waals surface area (Å²) < 4.78 is 22.8. The van der Waals surface area contributed by atoms with E-state index in [1.807, 2.05) is 6.55 Å². The molecule has 0 aromatic heterocycles. The summed E-state index contributed by atoms with van der Waals surface area (Å²) in [6.07, 6.45) is 0. The van der Waals surface area contributed by atoms with Crippen LogP contribution in [0.3, 0.4) is 0 Å². The van der Waals surface area contributed by atoms with Crippen molar-refractivity contribution in [1.82, 2.24) is 0 Å². The molecule has 0 fully saturated rings. The summed E-state index contributed by atoms with van der Waals surface area (Å²) in [5, 5.41) is 0. The Morgan fingerprint density at radius 2 is 1.30 bits per heavy atom. The second kappa shape index (κ2) is 8.48. The molecule has 0 aliphatic carbocycles. The van der Waals surface area contributed by atoms with Crippen LogP contribution in [0, 0.1) is 11.5 Å². The van der Waals surface area contributed by atoms with E-state index in [4.69, 9.17) is 17.7 Å². The molecular formula is C13H30O4Si3. The third-order valence-electron chi connectivity index (χ3n) is 1.92. The normalized spacial score (nSPS) is 13.0. The van der Waals surface area contributed by atoms with Crippen molar-refractivity contribution in [2.75, 3.05) is 26.9 Å². The molecule has 0 rings (SSSR count). The van der Waals surface area contributed by atoms with Gasteiger partial charge in [0.25, 0.3) is 0 Å². The van der Waals surface area contributed by atoms with Crippen LogP contribution in [-0.2, 0) is 17.7 Å². The second-order valence-corrected chi connectivity index (χ2v) is 18.9. The van der Waals surface area contributed by atoms with Crippen molar-refractivity contribution >= 4 is 25.2 Å². The van der Waals surface area contributed by atoms with Gasteiger partial charge in [-0.1, -0.05) is 11.5 Å². The van der Waals surface area contributed by atoms with Crippen LogP contribution >= 0.6 is 0 Å². The van der Waals surface area contributed by atoms with Crippen LogP contribution < -0.4 is 0 Å². The molecule has 0 saturated heterocycles. The van der Waals surface area contributed by atoms with E-state index in [1.54, 1.807) is 7.11 Å². The summed E-state index contributed by atoms with van der Waals surface area (Å²) in [5.41, 5.74) is 3.23. The van der Waals surface area contributed by atoms with Gasteiger partial charge in [0.1, 0.15) is 6.61 Å². The summed E-state index contributed by atoms with van der Waals surface area (Å²) in [5.74, 6) is 3.06. The maximum Gasteiger partial charge on any atom is 0.400 e. The van der Waals surface area contributed by atoms with Crippen molar-refractivity contribution in [2.45, 2.75) is 45.8 Å². The van der Waals surface area contributed by atoms with Crippen LogP contribution in [0.5, 0.6) is 0 Å². The number of hydrogen-bond acceptors (Lipinski definition) is 4. The Labute approximate surface area is 127 Å². The van der Waals surface area contributed by atoms with Crippen molar-refractivity contribution < 1.29 is 17.7 Å². The Hall–Kier alpha value is 0.0506. The molecule has 4 nitrogen and oxygen atoms in total. The summed E-state index contributed by atoms with van der Waals surface area (Å²) in [6, 6.07) is 0. The fourth-order valence-electron chi connectivity index (χ4n) is 1.70. The van der Waals surface area contributed by atoms with Gasteiger partial charge in [-0.3, -0.25) is 0 Å². The quantitative estimate of drug-likeness (QED) is 0.388. The largest absolute Gasteiger partial charge is 0.428 e.